The smallest absolute Gasteiger partial charge is 0.408 e. The van der Waals surface area contributed by atoms with E-state index in [9.17, 15) is 14.4 Å². The van der Waals surface area contributed by atoms with Gasteiger partial charge in [0.2, 0.25) is 0 Å². The van der Waals surface area contributed by atoms with Crippen LogP contribution in [0.3, 0.4) is 0 Å². The van der Waals surface area contributed by atoms with Crippen LogP contribution in [-0.4, -0.2) is 80.8 Å². The second-order valence-electron chi connectivity index (χ2n) is 15.9. The fourth-order valence-electron chi connectivity index (χ4n) is 8.38. The van der Waals surface area contributed by atoms with Gasteiger partial charge in [-0.15, -0.1) is 0 Å². The number of halogens is 2. The fourth-order valence-corrected chi connectivity index (χ4v) is 8.91. The Morgan fingerprint density at radius 3 is 2.18 bits per heavy atom. The highest BCUT2D eigenvalue weighted by atomic mass is 35.5. The zero-order valence-electron chi connectivity index (χ0n) is 34.6. The number of methoxy groups -OCH3 is 2. The number of pyridine rings is 1. The van der Waals surface area contributed by atoms with Gasteiger partial charge in [-0.3, -0.25) is 14.5 Å². The van der Waals surface area contributed by atoms with Crippen LogP contribution in [0.15, 0.2) is 109 Å². The maximum absolute atomic E-state index is 13.5. The Morgan fingerprint density at radius 1 is 0.790 bits per heavy atom. The Morgan fingerprint density at radius 2 is 1.50 bits per heavy atom. The van der Waals surface area contributed by atoms with Crippen LogP contribution in [0.1, 0.15) is 63.2 Å². The van der Waals surface area contributed by atoms with Crippen molar-refractivity contribution >= 4 is 41.2 Å². The lowest BCUT2D eigenvalue weighted by Crippen LogP contribution is -2.53. The molecule has 0 spiro atoms. The quantitative estimate of drug-likeness (QED) is 0.104. The molecule has 322 valence electrons. The van der Waals surface area contributed by atoms with Crippen molar-refractivity contribution in [3.8, 4) is 17.2 Å². The molecular weight excluding hydrogens is 831 g/mol. The van der Waals surface area contributed by atoms with Gasteiger partial charge in [-0.1, -0.05) is 83.9 Å². The molecule has 2 bridgehead atoms. The van der Waals surface area contributed by atoms with Crippen LogP contribution >= 0.6 is 23.2 Å². The molecule has 0 radical (unpaired) electrons. The number of esters is 1. The van der Waals surface area contributed by atoms with Crippen molar-refractivity contribution in [3.05, 3.63) is 153 Å². The molecular formula is C48H49Cl2N4O8+. The molecule has 0 unspecified atom stereocenters. The number of H-pyrrole nitrogens is 1. The maximum atomic E-state index is 13.5. The Hall–Kier alpha value is -5.82. The number of hydrogen-bond donors (Lipinski definition) is 1. The molecule has 4 saturated heterocycles. The van der Waals surface area contributed by atoms with Crippen molar-refractivity contribution in [2.75, 3.05) is 46.9 Å². The number of benzene rings is 4. The highest BCUT2D eigenvalue weighted by Crippen LogP contribution is 2.36. The summed E-state index contributed by atoms with van der Waals surface area (Å²) in [7, 11) is 3.08. The summed E-state index contributed by atoms with van der Waals surface area (Å²) < 4.78 is 29.2. The number of carbonyl (C=O) groups is 3. The monoisotopic (exact) mass is 879 g/mol. The predicted molar refractivity (Wildman–Crippen MR) is 233 cm³/mol. The first-order valence-corrected chi connectivity index (χ1v) is 21.5. The summed E-state index contributed by atoms with van der Waals surface area (Å²) in [5.74, 6) is 0.936. The first kappa shape index (κ1) is 42.9. The van der Waals surface area contributed by atoms with Crippen LogP contribution in [0.2, 0.25) is 10.0 Å². The molecule has 14 heteroatoms. The lowest BCUT2D eigenvalue weighted by atomic mass is 9.86. The Kier molecular flexibility index (Phi) is 13.5. The van der Waals surface area contributed by atoms with Crippen LogP contribution in [0.5, 0.6) is 17.2 Å². The highest BCUT2D eigenvalue weighted by molar-refractivity contribution is 6.35. The molecule has 4 aliphatic rings. The fraction of sp³-hybridized carbons (Fsp3) is 0.333. The van der Waals surface area contributed by atoms with E-state index in [1.165, 1.54) is 7.11 Å². The van der Waals surface area contributed by atoms with E-state index < -0.39 is 30.1 Å². The van der Waals surface area contributed by atoms with E-state index in [2.05, 4.69) is 15.2 Å². The van der Waals surface area contributed by atoms with E-state index in [1.807, 2.05) is 66.7 Å². The van der Waals surface area contributed by atoms with E-state index in [0.717, 1.165) is 49.2 Å². The second-order valence-corrected chi connectivity index (χ2v) is 16.7. The van der Waals surface area contributed by atoms with E-state index in [-0.39, 0.29) is 38.1 Å². The third kappa shape index (κ3) is 9.94. The summed E-state index contributed by atoms with van der Waals surface area (Å²) in [5, 5.41) is 3.94. The number of fused-ring (bicyclic) bond motifs is 3. The van der Waals surface area contributed by atoms with E-state index >= 15 is 0 Å². The van der Waals surface area contributed by atoms with Crippen LogP contribution in [-0.2, 0) is 27.3 Å². The summed E-state index contributed by atoms with van der Waals surface area (Å²) in [6.07, 6.45) is 4.29. The molecule has 3 atom stereocenters. The molecule has 2 N–H and O–H groups in total. The molecule has 1 aromatic heterocycles. The number of ether oxygens (including phenoxy) is 5. The minimum absolute atomic E-state index is 0.0988. The molecule has 0 saturated carbocycles. The molecule has 62 heavy (non-hydrogen) atoms. The molecule has 9 rings (SSSR count). The largest absolute Gasteiger partial charge is 0.493 e. The minimum Gasteiger partial charge on any atom is -0.493 e. The average Bonchev–Trinajstić information content (AvgIpc) is 3.28. The molecule has 2 amide bonds. The minimum atomic E-state index is -0.743. The summed E-state index contributed by atoms with van der Waals surface area (Å²) in [6, 6.07) is 29.6. The van der Waals surface area contributed by atoms with Crippen molar-refractivity contribution in [3.63, 3.8) is 0 Å². The first-order valence-electron chi connectivity index (χ1n) is 20.8. The van der Waals surface area contributed by atoms with Gasteiger partial charge >= 0.3 is 12.1 Å². The second kappa shape index (κ2) is 19.5. The lowest BCUT2D eigenvalue weighted by Gasteiger charge is -2.43. The molecule has 0 aliphatic carbocycles. The number of aromatic amines is 1. The van der Waals surface area contributed by atoms with Crippen LogP contribution in [0, 0.1) is 11.8 Å². The van der Waals surface area contributed by atoms with Gasteiger partial charge in [-0.25, -0.2) is 9.78 Å². The molecule has 5 aromatic rings. The predicted octanol–water partition coefficient (Wildman–Crippen LogP) is 7.91. The zero-order valence-corrected chi connectivity index (χ0v) is 36.1. The molecule has 4 aliphatic heterocycles. The van der Waals surface area contributed by atoms with Gasteiger partial charge in [-0.05, 0) is 90.5 Å². The van der Waals surface area contributed by atoms with Gasteiger partial charge in [0.25, 0.3) is 5.91 Å². The number of rotatable bonds is 15. The van der Waals surface area contributed by atoms with E-state index in [0.29, 0.717) is 49.9 Å². The topological polar surface area (TPSA) is 130 Å². The number of amides is 2. The van der Waals surface area contributed by atoms with Crippen molar-refractivity contribution in [1.29, 1.82) is 0 Å². The van der Waals surface area contributed by atoms with Gasteiger partial charge in [0.15, 0.2) is 23.9 Å². The summed E-state index contributed by atoms with van der Waals surface area (Å²) in [5.41, 5.74) is 4.45. The SMILES string of the molecule is COc1ccc([C@H](Cc2c(Cl)c[nH+]cc2Cl)OC(=O)C2CN(C(=O)c3ccc(COc4cccc([C@@H](NC(=O)O[C@H]5CN6CCC5CC6)c5ccccc5)c4)cc3)C2)cc1OC. The van der Waals surface area contributed by atoms with Crippen LogP contribution < -0.4 is 24.5 Å². The van der Waals surface area contributed by atoms with Crippen LogP contribution in [0.4, 0.5) is 4.79 Å². The third-order valence-electron chi connectivity index (χ3n) is 12.0. The van der Waals surface area contributed by atoms with Gasteiger partial charge in [-0.2, -0.15) is 0 Å². The number of likely N-dealkylation sites (tertiary alicyclic amines) is 1. The van der Waals surface area contributed by atoms with Crippen molar-refractivity contribution < 1.29 is 43.1 Å². The standard InChI is InChI=1S/C48H48Cl2N4O8/c1-58-41-16-15-34(22-43(41)59-2)42(23-38-39(49)24-51-25-40(38)50)61-47(56)36-26-54(27-36)46(55)33-13-11-30(12-14-33)29-60-37-10-6-9-35(21-37)45(32-7-4-3-5-8-32)52-48(57)62-44-28-53-19-17-31(44)18-20-53/h3-16,21-22,24-25,31,36,42,44-45H,17-20,23,26-29H2,1-2H3,(H,52,57)/p+1/t42-,44-,45-/m0/s1. The number of piperidine rings is 3. The van der Waals surface area contributed by atoms with Crippen LogP contribution in [0.25, 0.3) is 0 Å². The molecule has 12 nitrogen and oxygen atoms in total. The average molecular weight is 881 g/mol. The molecule has 4 aromatic carbocycles. The van der Waals surface area contributed by atoms with E-state index in [4.69, 9.17) is 46.9 Å². The summed E-state index contributed by atoms with van der Waals surface area (Å²) in [4.78, 5) is 47.2. The first-order chi connectivity index (χ1) is 30.1. The molecule has 5 heterocycles. The third-order valence-corrected chi connectivity index (χ3v) is 12.6. The van der Waals surface area contributed by atoms with Gasteiger partial charge < -0.3 is 33.9 Å². The number of aromatic nitrogens is 1. The molecule has 4 fully saturated rings. The Bertz CT molecular complexity index is 2350. The number of nitrogens with zero attached hydrogens (tertiary/aromatic N) is 2. The normalized spacial score (nSPS) is 19.1. The van der Waals surface area contributed by atoms with Crippen molar-refractivity contribution in [1.82, 2.24) is 15.1 Å². The lowest BCUT2D eigenvalue weighted by molar-refractivity contribution is -0.377. The van der Waals surface area contributed by atoms with Crippen molar-refractivity contribution in [2.45, 2.75) is 44.1 Å². The number of carbonyl (C=O) groups excluding carboxylic acids is 3. The number of hydrogen-bond acceptors (Lipinski definition) is 9. The summed E-state index contributed by atoms with van der Waals surface area (Å²) in [6.45, 7) is 3.63. The number of nitrogens with one attached hydrogen (secondary N) is 2. The van der Waals surface area contributed by atoms with Gasteiger partial charge in [0, 0.05) is 37.2 Å². The van der Waals surface area contributed by atoms with Crippen molar-refractivity contribution in [2.24, 2.45) is 11.8 Å². The Labute approximate surface area is 371 Å². The Balaban J connectivity index is 0.862. The zero-order chi connectivity index (χ0) is 43.2. The van der Waals surface area contributed by atoms with Gasteiger partial charge in [0.1, 0.15) is 34.6 Å². The maximum Gasteiger partial charge on any atom is 0.408 e. The highest BCUT2D eigenvalue weighted by Gasteiger charge is 2.39. The summed E-state index contributed by atoms with van der Waals surface area (Å²) >= 11 is 13.0. The van der Waals surface area contributed by atoms with Gasteiger partial charge in [0.05, 0.1) is 26.2 Å². The number of alkyl carbamates (subject to hydrolysis) is 1. The van der Waals surface area contributed by atoms with E-state index in [1.54, 1.807) is 54.7 Å².